The van der Waals surface area contributed by atoms with Crippen molar-refractivity contribution in [3.63, 3.8) is 0 Å². The summed E-state index contributed by atoms with van der Waals surface area (Å²) >= 11 is 0. The third-order valence-corrected chi connectivity index (χ3v) is 3.82. The van der Waals surface area contributed by atoms with E-state index in [4.69, 9.17) is 9.26 Å². The summed E-state index contributed by atoms with van der Waals surface area (Å²) in [7, 11) is 1.84. The van der Waals surface area contributed by atoms with Gasteiger partial charge in [0.05, 0.1) is 11.8 Å². The fourth-order valence-electron chi connectivity index (χ4n) is 2.59. The number of hydrogen-bond acceptors (Lipinski definition) is 5. The first-order valence-corrected chi connectivity index (χ1v) is 8.38. The van der Waals surface area contributed by atoms with Crippen LogP contribution < -0.4 is 5.32 Å². The Kier molecular flexibility index (Phi) is 10.3. The van der Waals surface area contributed by atoms with Crippen LogP contribution in [0, 0.1) is 0 Å². The fourth-order valence-corrected chi connectivity index (χ4v) is 2.59. The van der Waals surface area contributed by atoms with Gasteiger partial charge in [0.1, 0.15) is 6.26 Å². The van der Waals surface area contributed by atoms with Crippen molar-refractivity contribution in [3.8, 4) is 0 Å². The molecule has 1 saturated heterocycles. The van der Waals surface area contributed by atoms with E-state index in [9.17, 15) is 0 Å². The van der Waals surface area contributed by atoms with Crippen LogP contribution in [0.1, 0.15) is 26.0 Å². The zero-order chi connectivity index (χ0) is 16.5. The number of hydrogen-bond donors (Lipinski definition) is 1. The Labute approximate surface area is 161 Å². The maximum absolute atomic E-state index is 5.55. The summed E-state index contributed by atoms with van der Waals surface area (Å²) in [6.45, 7) is 10.6. The number of rotatable bonds is 7. The van der Waals surface area contributed by atoms with E-state index in [1.807, 2.05) is 13.1 Å². The summed E-state index contributed by atoms with van der Waals surface area (Å²) in [6.07, 6.45) is 2.91. The molecule has 1 aromatic rings. The zero-order valence-corrected chi connectivity index (χ0v) is 17.2. The summed E-state index contributed by atoms with van der Waals surface area (Å²) in [4.78, 5) is 9.09. The van der Waals surface area contributed by atoms with Crippen LogP contribution in [0.4, 0.5) is 0 Å². The molecule has 0 aliphatic carbocycles. The molecule has 2 rings (SSSR count). The lowest BCUT2D eigenvalue weighted by atomic mass is 10.3. The molecule has 1 aliphatic rings. The quantitative estimate of drug-likeness (QED) is 0.295. The minimum absolute atomic E-state index is 0. The number of piperazine rings is 1. The molecule has 1 aromatic heterocycles. The van der Waals surface area contributed by atoms with Crippen LogP contribution >= 0.6 is 24.0 Å². The van der Waals surface area contributed by atoms with Gasteiger partial charge in [-0.2, -0.15) is 0 Å². The van der Waals surface area contributed by atoms with Gasteiger partial charge in [-0.25, -0.2) is 0 Å². The first-order chi connectivity index (χ1) is 11.2. The smallest absolute Gasteiger partial charge is 0.193 e. The first kappa shape index (κ1) is 21.2. The lowest BCUT2D eigenvalue weighted by Gasteiger charge is -2.36. The second-order valence-corrected chi connectivity index (χ2v) is 6.00. The number of aromatic nitrogens is 1. The van der Waals surface area contributed by atoms with Gasteiger partial charge in [-0.1, -0.05) is 5.16 Å². The van der Waals surface area contributed by atoms with E-state index in [0.29, 0.717) is 6.10 Å². The molecule has 2 heterocycles. The number of ether oxygens (including phenoxy) is 1. The summed E-state index contributed by atoms with van der Waals surface area (Å²) in [5.41, 5.74) is 0.992. The second-order valence-electron chi connectivity index (χ2n) is 6.00. The molecule has 24 heavy (non-hydrogen) atoms. The van der Waals surface area contributed by atoms with E-state index in [1.165, 1.54) is 0 Å². The molecule has 8 heteroatoms. The van der Waals surface area contributed by atoms with Crippen molar-refractivity contribution in [3.05, 3.63) is 18.0 Å². The zero-order valence-electron chi connectivity index (χ0n) is 14.9. The molecule has 0 unspecified atom stereocenters. The SMILES string of the molecule is CN=C(NCCCOC(C)C)N1CCN(Cc2ccon2)CC1.I. The molecule has 0 atom stereocenters. The molecule has 0 spiro atoms. The van der Waals surface area contributed by atoms with Crippen LogP contribution in [0.15, 0.2) is 21.8 Å². The molecule has 0 amide bonds. The highest BCUT2D eigenvalue weighted by Crippen LogP contribution is 2.07. The largest absolute Gasteiger partial charge is 0.379 e. The van der Waals surface area contributed by atoms with Gasteiger partial charge >= 0.3 is 0 Å². The monoisotopic (exact) mass is 451 g/mol. The standard InChI is InChI=1S/C16H29N5O2.HI/c1-14(2)22-11-4-6-18-16(17-3)21-9-7-20(8-10-21)13-15-5-12-23-19-15;/h5,12,14H,4,6-11,13H2,1-3H3,(H,17,18);1H. The van der Waals surface area contributed by atoms with Crippen LogP contribution in [0.5, 0.6) is 0 Å². The van der Waals surface area contributed by atoms with Gasteiger partial charge in [-0.3, -0.25) is 9.89 Å². The number of guanidine groups is 1. The molecule has 1 N–H and O–H groups in total. The Morgan fingerprint density at radius 1 is 1.38 bits per heavy atom. The lowest BCUT2D eigenvalue weighted by molar-refractivity contribution is 0.0775. The Bertz CT molecular complexity index is 459. The fraction of sp³-hybridized carbons (Fsp3) is 0.750. The Morgan fingerprint density at radius 3 is 2.71 bits per heavy atom. The van der Waals surface area contributed by atoms with Crippen molar-refractivity contribution in [1.82, 2.24) is 20.3 Å². The van der Waals surface area contributed by atoms with Gasteiger partial charge in [0.2, 0.25) is 0 Å². The third kappa shape index (κ3) is 7.35. The van der Waals surface area contributed by atoms with Crippen LogP contribution in [-0.4, -0.2) is 73.4 Å². The van der Waals surface area contributed by atoms with Crippen molar-refractivity contribution in [1.29, 1.82) is 0 Å². The molecule has 1 fully saturated rings. The van der Waals surface area contributed by atoms with E-state index in [-0.39, 0.29) is 24.0 Å². The first-order valence-electron chi connectivity index (χ1n) is 8.38. The highest BCUT2D eigenvalue weighted by molar-refractivity contribution is 14.0. The topological polar surface area (TPSA) is 66.1 Å². The van der Waals surface area contributed by atoms with Crippen molar-refractivity contribution in [2.24, 2.45) is 4.99 Å². The van der Waals surface area contributed by atoms with Gasteiger partial charge in [0.15, 0.2) is 5.96 Å². The van der Waals surface area contributed by atoms with E-state index in [1.54, 1.807) is 6.26 Å². The van der Waals surface area contributed by atoms with Crippen molar-refractivity contribution in [2.45, 2.75) is 32.9 Å². The molecule has 1 aliphatic heterocycles. The van der Waals surface area contributed by atoms with Gasteiger partial charge in [-0.15, -0.1) is 24.0 Å². The van der Waals surface area contributed by atoms with E-state index >= 15 is 0 Å². The van der Waals surface area contributed by atoms with Crippen molar-refractivity contribution < 1.29 is 9.26 Å². The number of halogens is 1. The predicted molar refractivity (Wildman–Crippen MR) is 106 cm³/mol. The molecule has 0 radical (unpaired) electrons. The molecular weight excluding hydrogens is 421 g/mol. The lowest BCUT2D eigenvalue weighted by Crippen LogP contribution is -2.52. The van der Waals surface area contributed by atoms with Gasteiger partial charge in [0, 0.05) is 59.0 Å². The van der Waals surface area contributed by atoms with Gasteiger partial charge in [0.25, 0.3) is 0 Å². The van der Waals surface area contributed by atoms with E-state index in [0.717, 1.165) is 63.9 Å². The van der Waals surface area contributed by atoms with Crippen LogP contribution in [0.2, 0.25) is 0 Å². The Balaban J connectivity index is 0.00000288. The average Bonchev–Trinajstić information content (AvgIpc) is 3.05. The summed E-state index contributed by atoms with van der Waals surface area (Å²) in [6, 6.07) is 1.92. The minimum Gasteiger partial charge on any atom is -0.379 e. The van der Waals surface area contributed by atoms with E-state index < -0.39 is 0 Å². The van der Waals surface area contributed by atoms with Gasteiger partial charge < -0.3 is 19.5 Å². The van der Waals surface area contributed by atoms with Gasteiger partial charge in [-0.05, 0) is 20.3 Å². The summed E-state index contributed by atoms with van der Waals surface area (Å²) in [5.74, 6) is 0.982. The van der Waals surface area contributed by atoms with Crippen LogP contribution in [-0.2, 0) is 11.3 Å². The molecule has 0 aromatic carbocycles. The van der Waals surface area contributed by atoms with Crippen LogP contribution in [0.25, 0.3) is 0 Å². The number of aliphatic imine (C=N–C) groups is 1. The van der Waals surface area contributed by atoms with E-state index in [2.05, 4.69) is 39.1 Å². The minimum atomic E-state index is 0. The normalized spacial score (nSPS) is 16.3. The molecular formula is C16H30IN5O2. The summed E-state index contributed by atoms with van der Waals surface area (Å²) < 4.78 is 10.4. The Morgan fingerprint density at radius 2 is 2.12 bits per heavy atom. The molecule has 0 saturated carbocycles. The van der Waals surface area contributed by atoms with Crippen molar-refractivity contribution >= 4 is 29.9 Å². The maximum Gasteiger partial charge on any atom is 0.193 e. The number of nitrogens with one attached hydrogen (secondary N) is 1. The van der Waals surface area contributed by atoms with Crippen LogP contribution in [0.3, 0.4) is 0 Å². The Hall–Kier alpha value is -0.870. The molecule has 138 valence electrons. The second kappa shape index (κ2) is 11.6. The predicted octanol–water partition coefficient (Wildman–Crippen LogP) is 1.80. The summed E-state index contributed by atoms with van der Waals surface area (Å²) in [5, 5.41) is 7.40. The average molecular weight is 451 g/mol. The number of nitrogens with zero attached hydrogens (tertiary/aromatic N) is 4. The highest BCUT2D eigenvalue weighted by atomic mass is 127. The maximum atomic E-state index is 5.55. The highest BCUT2D eigenvalue weighted by Gasteiger charge is 2.19. The van der Waals surface area contributed by atoms with Crippen molar-refractivity contribution in [2.75, 3.05) is 46.4 Å². The third-order valence-electron chi connectivity index (χ3n) is 3.82. The molecule has 0 bridgehead atoms. The molecule has 7 nitrogen and oxygen atoms in total.